The molecule has 8 heteroatoms. The summed E-state index contributed by atoms with van der Waals surface area (Å²) in [6.07, 6.45) is 0. The average Bonchev–Trinajstić information content (AvgIpc) is 2.66. The first-order valence-electron chi connectivity index (χ1n) is 9.16. The van der Waals surface area contributed by atoms with Crippen LogP contribution in [0.25, 0.3) is 0 Å². The Kier molecular flexibility index (Phi) is 8.19. The Labute approximate surface area is 166 Å². The number of aryl methyl sites for hydroxylation is 1. The highest BCUT2D eigenvalue weighted by Gasteiger charge is 2.21. The Hall–Kier alpha value is -1.99. The molecule has 1 saturated heterocycles. The maximum absolute atomic E-state index is 11.9. The number of anilines is 1. The normalized spacial score (nSPS) is 15.1. The summed E-state index contributed by atoms with van der Waals surface area (Å²) in [4.78, 5) is 22.5. The van der Waals surface area contributed by atoms with E-state index in [0.29, 0.717) is 13.2 Å². The molecule has 1 amide bonds. The van der Waals surface area contributed by atoms with Gasteiger partial charge in [0.2, 0.25) is 5.91 Å². The van der Waals surface area contributed by atoms with Crippen LogP contribution in [0.5, 0.6) is 0 Å². The van der Waals surface area contributed by atoms with Gasteiger partial charge in [0.25, 0.3) is 0 Å². The molecule has 1 aliphatic heterocycles. The van der Waals surface area contributed by atoms with Crippen molar-refractivity contribution in [3.63, 3.8) is 0 Å². The second-order valence-electron chi connectivity index (χ2n) is 6.75. The summed E-state index contributed by atoms with van der Waals surface area (Å²) < 4.78 is 5.11. The highest BCUT2D eigenvalue weighted by molar-refractivity contribution is 6.30. The quantitative estimate of drug-likeness (QED) is 0.449. The Balaban J connectivity index is 2.02. The maximum Gasteiger partial charge on any atom is 0.243 e. The summed E-state index contributed by atoms with van der Waals surface area (Å²) in [5.74, 6) is 0.735. The van der Waals surface area contributed by atoms with Crippen LogP contribution < -0.4 is 10.2 Å². The summed E-state index contributed by atoms with van der Waals surface area (Å²) in [7, 11) is 5.14. The van der Waals surface area contributed by atoms with Crippen LogP contribution in [0.15, 0.2) is 23.2 Å². The molecule has 0 unspecified atom stereocenters. The first-order valence-corrected chi connectivity index (χ1v) is 9.53. The zero-order valence-corrected chi connectivity index (χ0v) is 17.4. The van der Waals surface area contributed by atoms with Crippen molar-refractivity contribution in [3.8, 4) is 0 Å². The van der Waals surface area contributed by atoms with Gasteiger partial charge in [-0.1, -0.05) is 17.7 Å². The molecule has 0 bridgehead atoms. The van der Waals surface area contributed by atoms with E-state index < -0.39 is 0 Å². The number of guanidine groups is 1. The van der Waals surface area contributed by atoms with Crippen LogP contribution in [0.2, 0.25) is 5.02 Å². The van der Waals surface area contributed by atoms with Gasteiger partial charge in [0.1, 0.15) is 6.54 Å². The smallest absolute Gasteiger partial charge is 0.243 e. The molecule has 0 aliphatic carbocycles. The Morgan fingerprint density at radius 3 is 2.63 bits per heavy atom. The summed E-state index contributed by atoms with van der Waals surface area (Å²) in [6.45, 7) is 6.85. The molecule has 1 aromatic carbocycles. The molecule has 1 fully saturated rings. The van der Waals surface area contributed by atoms with Gasteiger partial charge in [-0.3, -0.25) is 4.79 Å². The van der Waals surface area contributed by atoms with E-state index in [1.807, 2.05) is 12.1 Å². The van der Waals surface area contributed by atoms with E-state index in [1.54, 1.807) is 26.1 Å². The number of halogens is 1. The number of hydrogen-bond acceptors (Lipinski definition) is 4. The maximum atomic E-state index is 11.9. The lowest BCUT2D eigenvalue weighted by molar-refractivity contribution is -0.127. The van der Waals surface area contributed by atoms with E-state index in [9.17, 15) is 4.79 Å². The fourth-order valence-electron chi connectivity index (χ4n) is 2.90. The minimum atomic E-state index is -0.0192. The van der Waals surface area contributed by atoms with Crippen LogP contribution in [0.4, 0.5) is 5.69 Å². The predicted octanol–water partition coefficient (Wildman–Crippen LogP) is 1.45. The van der Waals surface area contributed by atoms with Crippen molar-refractivity contribution in [2.75, 3.05) is 72.0 Å². The van der Waals surface area contributed by atoms with Crippen molar-refractivity contribution in [3.05, 3.63) is 28.8 Å². The number of likely N-dealkylation sites (N-methyl/N-ethyl adjacent to an activating group) is 1. The van der Waals surface area contributed by atoms with Crippen molar-refractivity contribution >= 4 is 29.2 Å². The molecule has 7 nitrogen and oxygen atoms in total. The lowest BCUT2D eigenvalue weighted by atomic mass is 10.1. The Bertz CT molecular complexity index is 658. The second-order valence-corrected chi connectivity index (χ2v) is 7.19. The number of carbonyl (C=O) groups is 1. The van der Waals surface area contributed by atoms with Gasteiger partial charge < -0.3 is 24.8 Å². The third-order valence-electron chi connectivity index (χ3n) is 4.54. The number of carbonyl (C=O) groups excluding carboxylic acids is 1. The molecular formula is C19H30ClN5O2. The SMILES string of the molecule is COCCNC(=NCC(=O)N(C)C)N1CCN(c2cc(Cl)ccc2C)CC1. The highest BCUT2D eigenvalue weighted by Crippen LogP contribution is 2.25. The number of benzene rings is 1. The molecule has 150 valence electrons. The summed E-state index contributed by atoms with van der Waals surface area (Å²) in [5, 5.41) is 4.05. The second kappa shape index (κ2) is 10.4. The van der Waals surface area contributed by atoms with Crippen molar-refractivity contribution in [2.24, 2.45) is 4.99 Å². The van der Waals surface area contributed by atoms with E-state index in [0.717, 1.165) is 37.2 Å². The van der Waals surface area contributed by atoms with Crippen LogP contribution >= 0.6 is 11.6 Å². The van der Waals surface area contributed by atoms with Crippen LogP contribution in [0.1, 0.15) is 5.56 Å². The van der Waals surface area contributed by atoms with E-state index >= 15 is 0 Å². The largest absolute Gasteiger partial charge is 0.383 e. The molecule has 2 rings (SSSR count). The molecule has 1 aromatic rings. The number of nitrogens with one attached hydrogen (secondary N) is 1. The third-order valence-corrected chi connectivity index (χ3v) is 4.78. The molecule has 0 atom stereocenters. The zero-order chi connectivity index (χ0) is 19.8. The van der Waals surface area contributed by atoms with Gasteiger partial charge in [0, 0.05) is 64.6 Å². The lowest BCUT2D eigenvalue weighted by Gasteiger charge is -2.38. The topological polar surface area (TPSA) is 60.4 Å². The number of aliphatic imine (C=N–C) groups is 1. The number of nitrogens with zero attached hydrogens (tertiary/aromatic N) is 4. The minimum Gasteiger partial charge on any atom is -0.383 e. The van der Waals surface area contributed by atoms with Crippen molar-refractivity contribution in [1.82, 2.24) is 15.1 Å². The van der Waals surface area contributed by atoms with Crippen LogP contribution in [0, 0.1) is 6.92 Å². The number of amides is 1. The fraction of sp³-hybridized carbons (Fsp3) is 0.579. The molecule has 0 aromatic heterocycles. The number of hydrogen-bond donors (Lipinski definition) is 1. The van der Waals surface area contributed by atoms with Crippen LogP contribution in [0.3, 0.4) is 0 Å². The van der Waals surface area contributed by atoms with E-state index in [-0.39, 0.29) is 12.5 Å². The van der Waals surface area contributed by atoms with Gasteiger partial charge in [0.15, 0.2) is 5.96 Å². The van der Waals surface area contributed by atoms with Gasteiger partial charge >= 0.3 is 0 Å². The fourth-order valence-corrected chi connectivity index (χ4v) is 3.07. The van der Waals surface area contributed by atoms with E-state index in [1.165, 1.54) is 11.3 Å². The first kappa shape index (κ1) is 21.3. The molecule has 0 radical (unpaired) electrons. The first-order chi connectivity index (χ1) is 12.9. The highest BCUT2D eigenvalue weighted by atomic mass is 35.5. The average molecular weight is 396 g/mol. The van der Waals surface area contributed by atoms with E-state index in [2.05, 4.69) is 33.1 Å². The Morgan fingerprint density at radius 1 is 1.30 bits per heavy atom. The standard InChI is InChI=1S/C19H30ClN5O2/c1-15-5-6-16(20)13-17(15)24-8-10-25(11-9-24)19(21-7-12-27-4)22-14-18(26)23(2)3/h5-6,13H,7-12,14H2,1-4H3,(H,21,22). The minimum absolute atomic E-state index is 0.0192. The zero-order valence-electron chi connectivity index (χ0n) is 16.7. The number of methoxy groups -OCH3 is 1. The predicted molar refractivity (Wildman–Crippen MR) is 111 cm³/mol. The molecule has 1 aliphatic rings. The molecule has 27 heavy (non-hydrogen) atoms. The van der Waals surface area contributed by atoms with Gasteiger partial charge in [-0.25, -0.2) is 4.99 Å². The van der Waals surface area contributed by atoms with Crippen molar-refractivity contribution in [2.45, 2.75) is 6.92 Å². The molecule has 1 N–H and O–H groups in total. The molecule has 0 spiro atoms. The van der Waals surface area contributed by atoms with Crippen molar-refractivity contribution < 1.29 is 9.53 Å². The van der Waals surface area contributed by atoms with Gasteiger partial charge in [0.05, 0.1) is 6.61 Å². The Morgan fingerprint density at radius 2 is 2.00 bits per heavy atom. The number of piperazine rings is 1. The summed E-state index contributed by atoms with van der Waals surface area (Å²) in [6, 6.07) is 5.99. The monoisotopic (exact) mass is 395 g/mol. The number of ether oxygens (including phenoxy) is 1. The van der Waals surface area contributed by atoms with Gasteiger partial charge in [-0.05, 0) is 24.6 Å². The molecular weight excluding hydrogens is 366 g/mol. The van der Waals surface area contributed by atoms with Gasteiger partial charge in [-0.15, -0.1) is 0 Å². The lowest BCUT2D eigenvalue weighted by Crippen LogP contribution is -2.53. The molecule has 1 heterocycles. The van der Waals surface area contributed by atoms with Gasteiger partial charge in [-0.2, -0.15) is 0 Å². The summed E-state index contributed by atoms with van der Waals surface area (Å²) >= 11 is 6.17. The van der Waals surface area contributed by atoms with Crippen LogP contribution in [-0.2, 0) is 9.53 Å². The number of rotatable bonds is 6. The van der Waals surface area contributed by atoms with Crippen LogP contribution in [-0.4, -0.2) is 88.7 Å². The van der Waals surface area contributed by atoms with E-state index in [4.69, 9.17) is 16.3 Å². The third kappa shape index (κ3) is 6.29. The molecule has 0 saturated carbocycles. The summed E-state index contributed by atoms with van der Waals surface area (Å²) in [5.41, 5.74) is 2.40. The van der Waals surface area contributed by atoms with Crippen molar-refractivity contribution in [1.29, 1.82) is 0 Å².